The van der Waals surface area contributed by atoms with Crippen LogP contribution >= 0.6 is 0 Å². The molecule has 1 amide bonds. The molecule has 2 aliphatic heterocycles. The molecule has 4 rings (SSSR count). The minimum Gasteiger partial charge on any atom is -0.491 e. The highest BCUT2D eigenvalue weighted by atomic mass is 16.5. The van der Waals surface area contributed by atoms with Crippen LogP contribution in [0.5, 0.6) is 11.6 Å². The second kappa shape index (κ2) is 7.96. The van der Waals surface area contributed by atoms with Crippen LogP contribution in [0.15, 0.2) is 36.5 Å². The van der Waals surface area contributed by atoms with Crippen molar-refractivity contribution in [2.24, 2.45) is 0 Å². The number of amides is 1. The molecular weight excluding hydrogens is 342 g/mol. The van der Waals surface area contributed by atoms with Crippen molar-refractivity contribution in [1.82, 2.24) is 14.8 Å². The number of pyridine rings is 1. The number of methoxy groups -OCH3 is 1. The molecule has 1 aromatic carbocycles. The predicted molar refractivity (Wildman–Crippen MR) is 102 cm³/mol. The summed E-state index contributed by atoms with van der Waals surface area (Å²) >= 11 is 0. The number of fused-ring (bicyclic) bond motifs is 1. The Morgan fingerprint density at radius 1 is 1.19 bits per heavy atom. The first-order valence-electron chi connectivity index (χ1n) is 9.49. The maximum absolute atomic E-state index is 12.9. The average Bonchev–Trinajstić information content (AvgIpc) is 3.12. The first-order valence-corrected chi connectivity index (χ1v) is 9.49. The summed E-state index contributed by atoms with van der Waals surface area (Å²) in [6.07, 6.45) is 4.13. The van der Waals surface area contributed by atoms with Crippen LogP contribution in [0, 0.1) is 0 Å². The Morgan fingerprint density at radius 3 is 2.78 bits per heavy atom. The van der Waals surface area contributed by atoms with Crippen LogP contribution in [-0.2, 0) is 13.1 Å². The molecule has 2 aliphatic rings. The molecule has 0 N–H and O–H groups in total. The van der Waals surface area contributed by atoms with Crippen LogP contribution in [0.4, 0.5) is 0 Å². The first kappa shape index (κ1) is 17.8. The number of carbonyl (C=O) groups is 1. The van der Waals surface area contributed by atoms with Gasteiger partial charge in [0.15, 0.2) is 0 Å². The van der Waals surface area contributed by atoms with Crippen molar-refractivity contribution in [2.45, 2.75) is 25.9 Å². The van der Waals surface area contributed by atoms with Crippen LogP contribution in [-0.4, -0.2) is 54.0 Å². The molecule has 1 saturated heterocycles. The van der Waals surface area contributed by atoms with Crippen molar-refractivity contribution >= 4 is 5.91 Å². The van der Waals surface area contributed by atoms with Gasteiger partial charge in [0, 0.05) is 30.9 Å². The molecule has 0 atom stereocenters. The monoisotopic (exact) mass is 367 g/mol. The van der Waals surface area contributed by atoms with E-state index in [-0.39, 0.29) is 5.91 Å². The lowest BCUT2D eigenvalue weighted by molar-refractivity contribution is 0.0732. The number of rotatable bonds is 4. The van der Waals surface area contributed by atoms with Crippen LogP contribution < -0.4 is 9.47 Å². The SMILES string of the molecule is COc1ccc(C(=O)N2CCOc3ccc(CN4CCCC4)cc3C2)cn1. The Hall–Kier alpha value is -2.60. The van der Waals surface area contributed by atoms with E-state index in [0.29, 0.717) is 31.1 Å². The van der Waals surface area contributed by atoms with Gasteiger partial charge in [-0.2, -0.15) is 0 Å². The number of hydrogen-bond acceptors (Lipinski definition) is 5. The molecule has 6 heteroatoms. The number of carbonyl (C=O) groups excluding carboxylic acids is 1. The number of hydrogen-bond donors (Lipinski definition) is 0. The van der Waals surface area contributed by atoms with Gasteiger partial charge in [0.2, 0.25) is 5.88 Å². The molecular formula is C21H25N3O3. The van der Waals surface area contributed by atoms with E-state index in [2.05, 4.69) is 22.0 Å². The van der Waals surface area contributed by atoms with Crippen LogP contribution in [0.1, 0.15) is 34.3 Å². The zero-order valence-electron chi connectivity index (χ0n) is 15.7. The van der Waals surface area contributed by atoms with Crippen molar-refractivity contribution in [2.75, 3.05) is 33.4 Å². The fraction of sp³-hybridized carbons (Fsp3) is 0.429. The third kappa shape index (κ3) is 4.06. The molecule has 1 fully saturated rings. The third-order valence-corrected chi connectivity index (χ3v) is 5.19. The quantitative estimate of drug-likeness (QED) is 0.832. The summed E-state index contributed by atoms with van der Waals surface area (Å²) in [5, 5.41) is 0. The van der Waals surface area contributed by atoms with Gasteiger partial charge in [0.25, 0.3) is 5.91 Å². The molecule has 27 heavy (non-hydrogen) atoms. The van der Waals surface area contributed by atoms with Gasteiger partial charge < -0.3 is 14.4 Å². The summed E-state index contributed by atoms with van der Waals surface area (Å²) in [5.74, 6) is 1.34. The molecule has 0 bridgehead atoms. The van der Waals surface area contributed by atoms with Gasteiger partial charge in [0.1, 0.15) is 12.4 Å². The summed E-state index contributed by atoms with van der Waals surface area (Å²) < 4.78 is 11.0. The van der Waals surface area contributed by atoms with Crippen molar-refractivity contribution in [1.29, 1.82) is 0 Å². The van der Waals surface area contributed by atoms with Crippen molar-refractivity contribution < 1.29 is 14.3 Å². The summed E-state index contributed by atoms with van der Waals surface area (Å²) in [7, 11) is 1.56. The largest absolute Gasteiger partial charge is 0.491 e. The van der Waals surface area contributed by atoms with E-state index in [0.717, 1.165) is 17.9 Å². The number of ether oxygens (including phenoxy) is 2. The Balaban J connectivity index is 1.51. The lowest BCUT2D eigenvalue weighted by Gasteiger charge is -2.20. The maximum Gasteiger partial charge on any atom is 0.255 e. The van der Waals surface area contributed by atoms with E-state index in [1.807, 2.05) is 11.0 Å². The van der Waals surface area contributed by atoms with E-state index in [4.69, 9.17) is 9.47 Å². The smallest absolute Gasteiger partial charge is 0.255 e. The zero-order valence-corrected chi connectivity index (χ0v) is 15.7. The van der Waals surface area contributed by atoms with Gasteiger partial charge in [-0.3, -0.25) is 9.69 Å². The molecule has 1 aromatic heterocycles. The summed E-state index contributed by atoms with van der Waals surface area (Å²) in [4.78, 5) is 21.4. The van der Waals surface area contributed by atoms with Crippen LogP contribution in [0.2, 0.25) is 0 Å². The van der Waals surface area contributed by atoms with Crippen molar-refractivity contribution in [3.05, 3.63) is 53.2 Å². The van der Waals surface area contributed by atoms with E-state index in [1.54, 1.807) is 25.4 Å². The lowest BCUT2D eigenvalue weighted by Crippen LogP contribution is -2.32. The minimum absolute atomic E-state index is 0.0356. The van der Waals surface area contributed by atoms with Gasteiger partial charge in [0.05, 0.1) is 19.2 Å². The molecule has 142 valence electrons. The number of benzene rings is 1. The normalized spacial score (nSPS) is 17.1. The van der Waals surface area contributed by atoms with E-state index in [9.17, 15) is 4.79 Å². The summed E-state index contributed by atoms with van der Waals surface area (Å²) in [6.45, 7) is 4.90. The third-order valence-electron chi connectivity index (χ3n) is 5.19. The first-order chi connectivity index (χ1) is 13.2. The standard InChI is InChI=1S/C21H25N3O3/c1-26-20-7-5-17(13-22-20)21(25)24-10-11-27-19-6-4-16(12-18(19)15-24)14-23-8-2-3-9-23/h4-7,12-13H,2-3,8-11,14-15H2,1H3. The van der Waals surface area contributed by atoms with E-state index in [1.165, 1.54) is 31.5 Å². The van der Waals surface area contributed by atoms with Gasteiger partial charge in [-0.25, -0.2) is 4.98 Å². The van der Waals surface area contributed by atoms with E-state index < -0.39 is 0 Å². The van der Waals surface area contributed by atoms with Gasteiger partial charge in [-0.1, -0.05) is 6.07 Å². The number of likely N-dealkylation sites (tertiary alicyclic amines) is 1. The fourth-order valence-electron chi connectivity index (χ4n) is 3.73. The fourth-order valence-corrected chi connectivity index (χ4v) is 3.73. The Bertz CT molecular complexity index is 801. The van der Waals surface area contributed by atoms with Gasteiger partial charge in [-0.15, -0.1) is 0 Å². The van der Waals surface area contributed by atoms with E-state index >= 15 is 0 Å². The Kier molecular flexibility index (Phi) is 5.25. The molecule has 6 nitrogen and oxygen atoms in total. The molecule has 0 aliphatic carbocycles. The maximum atomic E-state index is 12.9. The van der Waals surface area contributed by atoms with Gasteiger partial charge >= 0.3 is 0 Å². The Labute approximate surface area is 159 Å². The van der Waals surface area contributed by atoms with Crippen molar-refractivity contribution in [3.63, 3.8) is 0 Å². The van der Waals surface area contributed by atoms with Gasteiger partial charge in [-0.05, 0) is 49.7 Å². The molecule has 3 heterocycles. The summed E-state index contributed by atoms with van der Waals surface area (Å²) in [6, 6.07) is 9.84. The van der Waals surface area contributed by atoms with Crippen LogP contribution in [0.25, 0.3) is 0 Å². The second-order valence-electron chi connectivity index (χ2n) is 7.09. The predicted octanol–water partition coefficient (Wildman–Crippen LogP) is 2.72. The zero-order chi connectivity index (χ0) is 18.6. The summed E-state index contributed by atoms with van der Waals surface area (Å²) in [5.41, 5.74) is 2.91. The molecule has 0 unspecified atom stereocenters. The highest BCUT2D eigenvalue weighted by Crippen LogP contribution is 2.26. The topological polar surface area (TPSA) is 54.9 Å². The van der Waals surface area contributed by atoms with Crippen molar-refractivity contribution in [3.8, 4) is 11.6 Å². The average molecular weight is 367 g/mol. The number of aromatic nitrogens is 1. The second-order valence-corrected chi connectivity index (χ2v) is 7.09. The molecule has 0 saturated carbocycles. The minimum atomic E-state index is -0.0356. The molecule has 0 radical (unpaired) electrons. The lowest BCUT2D eigenvalue weighted by atomic mass is 10.1. The molecule has 2 aromatic rings. The highest BCUT2D eigenvalue weighted by molar-refractivity contribution is 5.94. The Morgan fingerprint density at radius 2 is 2.04 bits per heavy atom. The number of nitrogens with zero attached hydrogens (tertiary/aromatic N) is 3. The molecule has 0 spiro atoms. The van der Waals surface area contributed by atoms with Crippen LogP contribution in [0.3, 0.4) is 0 Å². The highest BCUT2D eigenvalue weighted by Gasteiger charge is 2.22.